The summed E-state index contributed by atoms with van der Waals surface area (Å²) in [5.41, 5.74) is 2.40. The van der Waals surface area contributed by atoms with Gasteiger partial charge in [-0.1, -0.05) is 95.2 Å². The van der Waals surface area contributed by atoms with Crippen molar-refractivity contribution >= 4 is 11.5 Å². The zero-order valence-corrected chi connectivity index (χ0v) is 18.5. The number of hydrogen-bond donors (Lipinski definition) is 1. The van der Waals surface area contributed by atoms with Crippen LogP contribution in [0.4, 0.5) is 0 Å². The average molecular weight is 409 g/mol. The second-order valence-electron chi connectivity index (χ2n) is 7.98. The SMILES string of the molecule is CCCCCCCC(/C=C(/C(=O)O)c1ncc(CCCCC)cn1)c1ccccc1. The van der Waals surface area contributed by atoms with E-state index in [9.17, 15) is 9.90 Å². The van der Waals surface area contributed by atoms with Crippen molar-refractivity contribution in [1.29, 1.82) is 0 Å². The number of aromatic nitrogens is 2. The molecule has 4 heteroatoms. The van der Waals surface area contributed by atoms with Crippen LogP contribution in [0.1, 0.15) is 94.5 Å². The summed E-state index contributed by atoms with van der Waals surface area (Å²) in [7, 11) is 0. The Labute approximate surface area is 181 Å². The van der Waals surface area contributed by atoms with Gasteiger partial charge in [0, 0.05) is 18.3 Å². The number of allylic oxidation sites excluding steroid dienone is 1. The lowest BCUT2D eigenvalue weighted by Crippen LogP contribution is -2.07. The number of aliphatic carboxylic acids is 1. The number of rotatable bonds is 14. The highest BCUT2D eigenvalue weighted by Gasteiger charge is 2.18. The molecule has 0 amide bonds. The summed E-state index contributed by atoms with van der Waals surface area (Å²) >= 11 is 0. The molecule has 0 bridgehead atoms. The number of nitrogens with zero attached hydrogens (tertiary/aromatic N) is 2. The van der Waals surface area contributed by atoms with E-state index in [1.165, 1.54) is 38.5 Å². The molecule has 2 aromatic rings. The third-order valence-electron chi connectivity index (χ3n) is 5.46. The highest BCUT2D eigenvalue weighted by atomic mass is 16.4. The normalized spacial score (nSPS) is 12.7. The number of unbranched alkanes of at least 4 members (excludes halogenated alkanes) is 6. The maximum atomic E-state index is 12.0. The molecule has 0 spiro atoms. The highest BCUT2D eigenvalue weighted by molar-refractivity contribution is 6.14. The van der Waals surface area contributed by atoms with Crippen LogP contribution in [0.3, 0.4) is 0 Å². The van der Waals surface area contributed by atoms with Crippen LogP contribution in [0, 0.1) is 0 Å². The van der Waals surface area contributed by atoms with Crippen molar-refractivity contribution in [2.24, 2.45) is 0 Å². The second-order valence-corrected chi connectivity index (χ2v) is 7.98. The molecular weight excluding hydrogens is 372 g/mol. The largest absolute Gasteiger partial charge is 0.478 e. The fourth-order valence-electron chi connectivity index (χ4n) is 3.66. The van der Waals surface area contributed by atoms with Crippen molar-refractivity contribution in [3.05, 3.63) is 65.8 Å². The Morgan fingerprint density at radius 3 is 2.20 bits per heavy atom. The zero-order valence-electron chi connectivity index (χ0n) is 18.5. The second kappa shape index (κ2) is 13.7. The molecule has 4 nitrogen and oxygen atoms in total. The van der Waals surface area contributed by atoms with Crippen molar-refractivity contribution in [3.8, 4) is 0 Å². The molecule has 1 unspecified atom stereocenters. The van der Waals surface area contributed by atoms with E-state index >= 15 is 0 Å². The van der Waals surface area contributed by atoms with Crippen LogP contribution in [0.15, 0.2) is 48.8 Å². The molecule has 30 heavy (non-hydrogen) atoms. The third kappa shape index (κ3) is 8.10. The summed E-state index contributed by atoms with van der Waals surface area (Å²) in [4.78, 5) is 20.8. The van der Waals surface area contributed by atoms with Gasteiger partial charge in [-0.25, -0.2) is 14.8 Å². The molecule has 0 saturated carbocycles. The van der Waals surface area contributed by atoms with Crippen LogP contribution in [-0.4, -0.2) is 21.0 Å². The standard InChI is InChI=1S/C26H36N2O2/c1-3-5-7-8-11-17-23(22-15-12-9-13-16-22)18-24(26(29)30)25-27-19-21(20-28-25)14-10-6-4-2/h9,12-13,15-16,18-20,23H,3-8,10-11,14,17H2,1-2H3,(H,29,30)/b24-18+. The lowest BCUT2D eigenvalue weighted by molar-refractivity contribution is -0.130. The Balaban J connectivity index is 2.19. The van der Waals surface area contributed by atoms with E-state index in [0.29, 0.717) is 5.82 Å². The number of carboxylic acid groups (broad SMARTS) is 1. The minimum atomic E-state index is -0.972. The molecule has 1 N–H and O–H groups in total. The first-order chi connectivity index (χ1) is 14.7. The topological polar surface area (TPSA) is 63.1 Å². The van der Waals surface area contributed by atoms with Gasteiger partial charge in [-0.05, 0) is 30.4 Å². The maximum absolute atomic E-state index is 12.0. The monoisotopic (exact) mass is 408 g/mol. The van der Waals surface area contributed by atoms with Gasteiger partial charge in [0.15, 0.2) is 5.82 Å². The minimum absolute atomic E-state index is 0.0479. The number of aryl methyl sites for hydroxylation is 1. The predicted molar refractivity (Wildman–Crippen MR) is 123 cm³/mol. The quantitative estimate of drug-likeness (QED) is 0.275. The Hall–Kier alpha value is -2.49. The maximum Gasteiger partial charge on any atom is 0.339 e. The molecule has 1 heterocycles. The van der Waals surface area contributed by atoms with Crippen molar-refractivity contribution in [2.75, 3.05) is 0 Å². The number of carbonyl (C=O) groups is 1. The molecule has 0 radical (unpaired) electrons. The highest BCUT2D eigenvalue weighted by Crippen LogP contribution is 2.27. The Kier molecular flexibility index (Phi) is 10.8. The molecule has 1 aromatic heterocycles. The first-order valence-corrected chi connectivity index (χ1v) is 11.5. The van der Waals surface area contributed by atoms with Gasteiger partial charge in [0.25, 0.3) is 0 Å². The van der Waals surface area contributed by atoms with E-state index in [1.54, 1.807) is 12.4 Å². The summed E-state index contributed by atoms with van der Waals surface area (Å²) in [5, 5.41) is 9.86. The smallest absolute Gasteiger partial charge is 0.339 e. The van der Waals surface area contributed by atoms with E-state index in [2.05, 4.69) is 35.9 Å². The van der Waals surface area contributed by atoms with Crippen LogP contribution in [0.2, 0.25) is 0 Å². The lowest BCUT2D eigenvalue weighted by atomic mass is 9.90. The molecule has 2 rings (SSSR count). The zero-order chi connectivity index (χ0) is 21.6. The first-order valence-electron chi connectivity index (χ1n) is 11.5. The van der Waals surface area contributed by atoms with Gasteiger partial charge >= 0.3 is 5.97 Å². The van der Waals surface area contributed by atoms with Crippen LogP contribution in [0.5, 0.6) is 0 Å². The molecule has 0 aliphatic heterocycles. The third-order valence-corrected chi connectivity index (χ3v) is 5.46. The molecule has 162 valence electrons. The molecule has 0 fully saturated rings. The Morgan fingerprint density at radius 1 is 0.933 bits per heavy atom. The average Bonchev–Trinajstić information content (AvgIpc) is 2.77. The summed E-state index contributed by atoms with van der Waals surface area (Å²) in [5.74, 6) is -0.624. The van der Waals surface area contributed by atoms with E-state index < -0.39 is 5.97 Å². The van der Waals surface area contributed by atoms with Crippen molar-refractivity contribution in [1.82, 2.24) is 9.97 Å². The van der Waals surface area contributed by atoms with Gasteiger partial charge in [0.1, 0.15) is 5.57 Å². The van der Waals surface area contributed by atoms with Gasteiger partial charge < -0.3 is 5.11 Å². The van der Waals surface area contributed by atoms with Gasteiger partial charge in [0.05, 0.1) is 0 Å². The summed E-state index contributed by atoms with van der Waals surface area (Å²) in [6.07, 6.45) is 16.7. The molecule has 0 aliphatic rings. The Bertz CT molecular complexity index is 769. The van der Waals surface area contributed by atoms with Crippen molar-refractivity contribution < 1.29 is 9.90 Å². The van der Waals surface area contributed by atoms with Crippen LogP contribution in [-0.2, 0) is 11.2 Å². The fourth-order valence-corrected chi connectivity index (χ4v) is 3.66. The van der Waals surface area contributed by atoms with E-state index in [0.717, 1.165) is 36.8 Å². The van der Waals surface area contributed by atoms with Crippen LogP contribution < -0.4 is 0 Å². The van der Waals surface area contributed by atoms with E-state index in [-0.39, 0.29) is 11.5 Å². The summed E-state index contributed by atoms with van der Waals surface area (Å²) < 4.78 is 0. The number of carboxylic acids is 1. The van der Waals surface area contributed by atoms with Gasteiger partial charge in [-0.3, -0.25) is 0 Å². The molecule has 0 aliphatic carbocycles. The molecular formula is C26H36N2O2. The van der Waals surface area contributed by atoms with E-state index in [1.807, 2.05) is 24.3 Å². The summed E-state index contributed by atoms with van der Waals surface area (Å²) in [6.45, 7) is 4.39. The van der Waals surface area contributed by atoms with Gasteiger partial charge in [-0.2, -0.15) is 0 Å². The minimum Gasteiger partial charge on any atom is -0.478 e. The number of hydrogen-bond acceptors (Lipinski definition) is 3. The fraction of sp³-hybridized carbons (Fsp3) is 0.500. The van der Waals surface area contributed by atoms with Gasteiger partial charge in [-0.15, -0.1) is 0 Å². The van der Waals surface area contributed by atoms with Crippen LogP contribution in [0.25, 0.3) is 5.57 Å². The summed E-state index contributed by atoms with van der Waals surface area (Å²) in [6, 6.07) is 10.2. The van der Waals surface area contributed by atoms with E-state index in [4.69, 9.17) is 0 Å². The predicted octanol–water partition coefficient (Wildman–Crippen LogP) is 6.82. The molecule has 0 saturated heterocycles. The van der Waals surface area contributed by atoms with Gasteiger partial charge in [0.2, 0.25) is 0 Å². The first kappa shape index (κ1) is 23.8. The van der Waals surface area contributed by atoms with Crippen LogP contribution >= 0.6 is 0 Å². The van der Waals surface area contributed by atoms with Crippen molar-refractivity contribution in [3.63, 3.8) is 0 Å². The number of benzene rings is 1. The molecule has 1 aromatic carbocycles. The molecule has 1 atom stereocenters. The van der Waals surface area contributed by atoms with Crippen molar-refractivity contribution in [2.45, 2.75) is 84.0 Å². The Morgan fingerprint density at radius 2 is 1.57 bits per heavy atom. The lowest BCUT2D eigenvalue weighted by Gasteiger charge is -2.15.